The van der Waals surface area contributed by atoms with Gasteiger partial charge in [0.1, 0.15) is 17.7 Å². The minimum Gasteiger partial charge on any atom is -0.483 e. The van der Waals surface area contributed by atoms with Gasteiger partial charge in [-0.1, -0.05) is 19.9 Å². The summed E-state index contributed by atoms with van der Waals surface area (Å²) >= 11 is 1.57. The molecule has 0 amide bonds. The lowest BCUT2D eigenvalue weighted by atomic mass is 10.1. The molecule has 2 aromatic rings. The second-order valence-corrected chi connectivity index (χ2v) is 7.91. The Bertz CT molecular complexity index is 777. The summed E-state index contributed by atoms with van der Waals surface area (Å²) in [5, 5.41) is 1.11. The molecule has 0 bridgehead atoms. The molecule has 0 radical (unpaired) electrons. The monoisotopic (exact) mass is 379 g/mol. The number of rotatable bonds is 8. The van der Waals surface area contributed by atoms with E-state index in [-0.39, 0.29) is 18.6 Å². The van der Waals surface area contributed by atoms with E-state index in [1.165, 1.54) is 12.1 Å². The molecule has 0 saturated heterocycles. The van der Waals surface area contributed by atoms with Crippen molar-refractivity contribution in [3.05, 3.63) is 53.2 Å². The molecular weight excluding hydrogens is 360 g/mol. The summed E-state index contributed by atoms with van der Waals surface area (Å²) in [6, 6.07) is 6.07. The fourth-order valence-corrected chi connectivity index (χ4v) is 3.54. The van der Waals surface area contributed by atoms with Gasteiger partial charge in [0, 0.05) is 22.9 Å². The Hall–Kier alpha value is -2.15. The number of hydrogen-bond acceptors (Lipinski definition) is 5. The molecule has 26 heavy (non-hydrogen) atoms. The van der Waals surface area contributed by atoms with Crippen LogP contribution in [0.1, 0.15) is 37.3 Å². The Morgan fingerprint density at radius 3 is 2.73 bits per heavy atom. The van der Waals surface area contributed by atoms with E-state index in [4.69, 9.17) is 9.47 Å². The summed E-state index contributed by atoms with van der Waals surface area (Å²) < 4.78 is 38.9. The second-order valence-electron chi connectivity index (χ2n) is 6.35. The van der Waals surface area contributed by atoms with Crippen molar-refractivity contribution >= 4 is 18.2 Å². The van der Waals surface area contributed by atoms with Crippen LogP contribution in [0.25, 0.3) is 0 Å². The Labute approximate surface area is 154 Å². The number of nitrogens with zero attached hydrogens (tertiary/aromatic N) is 1. The van der Waals surface area contributed by atoms with Crippen molar-refractivity contribution in [1.29, 1.82) is 0 Å². The van der Waals surface area contributed by atoms with Crippen molar-refractivity contribution in [2.45, 2.75) is 49.2 Å². The first kappa shape index (κ1) is 18.6. The molecule has 2 unspecified atom stereocenters. The van der Waals surface area contributed by atoms with Crippen molar-refractivity contribution in [1.82, 2.24) is 4.98 Å². The van der Waals surface area contributed by atoms with E-state index in [2.05, 4.69) is 4.98 Å². The second kappa shape index (κ2) is 8.03. The first-order chi connectivity index (χ1) is 12.5. The highest BCUT2D eigenvalue weighted by molar-refractivity contribution is 7.99. The minimum absolute atomic E-state index is 0.0242. The number of hydrogen-bond donors (Lipinski definition) is 0. The molecule has 0 N–H and O–H groups in total. The van der Waals surface area contributed by atoms with E-state index in [1.54, 1.807) is 24.0 Å². The number of carbonyl (C=O) groups is 1. The lowest BCUT2D eigenvalue weighted by Crippen LogP contribution is -2.04. The van der Waals surface area contributed by atoms with Crippen LogP contribution in [0.2, 0.25) is 0 Å². The quantitative estimate of drug-likeness (QED) is 0.500. The molecule has 0 spiro atoms. The molecule has 1 aliphatic carbocycles. The van der Waals surface area contributed by atoms with Gasteiger partial charge in [0.2, 0.25) is 0 Å². The standard InChI is InChI=1S/C19H19F2NO3S/c1-11(2)26-19-12(4-3-5-22-19)9-24-18-15(20)6-13(7-16(18)21)14-8-17(14)25-10-23/h3-7,10-11,14,17H,8-9H2,1-2H3. The third kappa shape index (κ3) is 4.33. The van der Waals surface area contributed by atoms with Crippen molar-refractivity contribution in [3.63, 3.8) is 0 Å². The van der Waals surface area contributed by atoms with E-state index in [1.807, 2.05) is 19.9 Å². The summed E-state index contributed by atoms with van der Waals surface area (Å²) in [5.74, 6) is -2.10. The Balaban J connectivity index is 1.72. The van der Waals surface area contributed by atoms with Crippen LogP contribution in [0.5, 0.6) is 5.75 Å². The summed E-state index contributed by atoms with van der Waals surface area (Å²) in [6.45, 7) is 4.47. The zero-order valence-electron chi connectivity index (χ0n) is 14.4. The summed E-state index contributed by atoms with van der Waals surface area (Å²) in [4.78, 5) is 14.6. The average Bonchev–Trinajstić information content (AvgIpc) is 3.34. The highest BCUT2D eigenvalue weighted by Crippen LogP contribution is 2.44. The van der Waals surface area contributed by atoms with Crippen molar-refractivity contribution in [2.24, 2.45) is 0 Å². The number of thioether (sulfide) groups is 1. The SMILES string of the molecule is CC(C)Sc1ncccc1COc1c(F)cc(C2CC2OC=O)cc1F. The Kier molecular flexibility index (Phi) is 5.76. The van der Waals surface area contributed by atoms with E-state index < -0.39 is 17.4 Å². The molecule has 1 aromatic heterocycles. The van der Waals surface area contributed by atoms with Gasteiger partial charge in [-0.2, -0.15) is 0 Å². The van der Waals surface area contributed by atoms with Crippen molar-refractivity contribution in [3.8, 4) is 5.75 Å². The number of carbonyl (C=O) groups excluding carboxylic acids is 1. The van der Waals surface area contributed by atoms with Crippen LogP contribution < -0.4 is 4.74 Å². The predicted molar refractivity (Wildman–Crippen MR) is 94.2 cm³/mol. The normalized spacial score (nSPS) is 18.7. The minimum atomic E-state index is -0.765. The summed E-state index contributed by atoms with van der Waals surface area (Å²) in [5.41, 5.74) is 1.24. The lowest BCUT2D eigenvalue weighted by Gasteiger charge is -2.13. The predicted octanol–water partition coefficient (Wildman–Crippen LogP) is 4.47. The van der Waals surface area contributed by atoms with E-state index in [0.29, 0.717) is 23.7 Å². The van der Waals surface area contributed by atoms with Crippen LogP contribution >= 0.6 is 11.8 Å². The zero-order valence-corrected chi connectivity index (χ0v) is 15.3. The van der Waals surface area contributed by atoms with Gasteiger partial charge >= 0.3 is 0 Å². The van der Waals surface area contributed by atoms with Crippen molar-refractivity contribution in [2.75, 3.05) is 0 Å². The largest absolute Gasteiger partial charge is 0.483 e. The van der Waals surface area contributed by atoms with Crippen LogP contribution in [-0.2, 0) is 16.1 Å². The van der Waals surface area contributed by atoms with Crippen LogP contribution in [-0.4, -0.2) is 22.8 Å². The molecule has 4 nitrogen and oxygen atoms in total. The maximum absolute atomic E-state index is 14.3. The van der Waals surface area contributed by atoms with E-state index in [0.717, 1.165) is 10.6 Å². The third-order valence-electron chi connectivity index (χ3n) is 3.98. The van der Waals surface area contributed by atoms with Gasteiger partial charge < -0.3 is 9.47 Å². The maximum Gasteiger partial charge on any atom is 0.293 e. The molecule has 1 aliphatic rings. The number of halogens is 2. The molecule has 1 fully saturated rings. The van der Waals surface area contributed by atoms with Gasteiger partial charge in [0.05, 0.1) is 0 Å². The fraction of sp³-hybridized carbons (Fsp3) is 0.368. The first-order valence-electron chi connectivity index (χ1n) is 8.31. The molecule has 0 aliphatic heterocycles. The topological polar surface area (TPSA) is 48.4 Å². The lowest BCUT2D eigenvalue weighted by molar-refractivity contribution is -0.129. The molecule has 1 aromatic carbocycles. The highest BCUT2D eigenvalue weighted by Gasteiger charge is 2.41. The van der Waals surface area contributed by atoms with E-state index in [9.17, 15) is 13.6 Å². The molecular formula is C19H19F2NO3S. The maximum atomic E-state index is 14.3. The average molecular weight is 379 g/mol. The van der Waals surface area contributed by atoms with Gasteiger partial charge in [-0.05, 0) is 30.2 Å². The Morgan fingerprint density at radius 1 is 1.35 bits per heavy atom. The number of benzene rings is 1. The zero-order chi connectivity index (χ0) is 18.7. The fourth-order valence-electron chi connectivity index (χ4n) is 2.69. The first-order valence-corrected chi connectivity index (χ1v) is 9.19. The van der Waals surface area contributed by atoms with Crippen LogP contribution in [0.4, 0.5) is 8.78 Å². The van der Waals surface area contributed by atoms with Crippen LogP contribution in [0.3, 0.4) is 0 Å². The van der Waals surface area contributed by atoms with Gasteiger partial charge in [-0.3, -0.25) is 4.79 Å². The summed E-state index contributed by atoms with van der Waals surface area (Å²) in [6.07, 6.45) is 1.95. The van der Waals surface area contributed by atoms with Gasteiger partial charge in [0.15, 0.2) is 17.4 Å². The number of aromatic nitrogens is 1. The summed E-state index contributed by atoms with van der Waals surface area (Å²) in [7, 11) is 0. The van der Waals surface area contributed by atoms with Crippen LogP contribution in [0, 0.1) is 11.6 Å². The van der Waals surface area contributed by atoms with Crippen molar-refractivity contribution < 1.29 is 23.0 Å². The molecule has 138 valence electrons. The Morgan fingerprint density at radius 2 is 2.08 bits per heavy atom. The van der Waals surface area contributed by atoms with Gasteiger partial charge in [-0.15, -0.1) is 11.8 Å². The highest BCUT2D eigenvalue weighted by atomic mass is 32.2. The number of pyridine rings is 1. The molecule has 7 heteroatoms. The van der Waals surface area contributed by atoms with Gasteiger partial charge in [0.25, 0.3) is 6.47 Å². The van der Waals surface area contributed by atoms with Crippen LogP contribution in [0.15, 0.2) is 35.5 Å². The molecule has 1 saturated carbocycles. The van der Waals surface area contributed by atoms with Gasteiger partial charge in [-0.25, -0.2) is 13.8 Å². The molecule has 3 rings (SSSR count). The molecule has 2 atom stereocenters. The number of ether oxygens (including phenoxy) is 2. The third-order valence-corrected chi connectivity index (χ3v) is 5.04. The van der Waals surface area contributed by atoms with E-state index >= 15 is 0 Å². The molecule has 1 heterocycles. The smallest absolute Gasteiger partial charge is 0.293 e.